The topological polar surface area (TPSA) is 79.7 Å². The molecule has 8 nitrogen and oxygen atoms in total. The maximum Gasteiger partial charge on any atom is 0.254 e. The molecule has 0 unspecified atom stereocenters. The van der Waals surface area contributed by atoms with E-state index in [1.807, 2.05) is 84.4 Å². The van der Waals surface area contributed by atoms with Gasteiger partial charge in [-0.1, -0.05) is 74.0 Å². The second-order valence-corrected chi connectivity index (χ2v) is 11.0. The van der Waals surface area contributed by atoms with Crippen molar-refractivity contribution in [2.75, 3.05) is 51.3 Å². The second-order valence-electron chi connectivity index (χ2n) is 11.0. The first-order valence-corrected chi connectivity index (χ1v) is 14.6. The Balaban J connectivity index is 1.39. The Morgan fingerprint density at radius 2 is 1.64 bits per heavy atom. The summed E-state index contributed by atoms with van der Waals surface area (Å²) in [5.74, 6) is 0.348. The highest BCUT2D eigenvalue weighted by molar-refractivity contribution is 5.99. The summed E-state index contributed by atoms with van der Waals surface area (Å²) in [6.45, 7) is 10.3. The van der Waals surface area contributed by atoms with Gasteiger partial charge in [0.2, 0.25) is 11.9 Å². The normalized spacial score (nSPS) is 13.7. The molecule has 218 valence electrons. The molecule has 0 spiro atoms. The van der Waals surface area contributed by atoms with E-state index in [0.717, 1.165) is 35.6 Å². The van der Waals surface area contributed by atoms with Crippen LogP contribution in [0, 0.1) is 6.92 Å². The fraction of sp³-hybridized carbons (Fsp3) is 0.324. The number of nitrogens with zero attached hydrogens (tertiary/aromatic N) is 4. The molecule has 5 rings (SSSR count). The van der Waals surface area contributed by atoms with E-state index in [1.54, 1.807) is 4.90 Å². The van der Waals surface area contributed by atoms with Crippen molar-refractivity contribution in [1.82, 2.24) is 19.4 Å². The Labute approximate surface area is 247 Å². The summed E-state index contributed by atoms with van der Waals surface area (Å²) in [4.78, 5) is 35.8. The predicted molar refractivity (Wildman–Crippen MR) is 166 cm³/mol. The first-order valence-electron chi connectivity index (χ1n) is 14.6. The zero-order valence-electron chi connectivity index (χ0n) is 24.6. The van der Waals surface area contributed by atoms with Gasteiger partial charge in [-0.15, -0.1) is 0 Å². The second kappa shape index (κ2) is 13.6. The lowest BCUT2D eigenvalue weighted by Gasteiger charge is -2.30. The van der Waals surface area contributed by atoms with Gasteiger partial charge >= 0.3 is 0 Å². The predicted octanol–water partition coefficient (Wildman–Crippen LogP) is 5.38. The molecule has 1 fully saturated rings. The van der Waals surface area contributed by atoms with Crippen molar-refractivity contribution in [3.8, 4) is 16.9 Å². The lowest BCUT2D eigenvalue weighted by molar-refractivity contribution is -0.117. The Kier molecular flexibility index (Phi) is 9.46. The molecule has 0 saturated carbocycles. The van der Waals surface area contributed by atoms with Gasteiger partial charge in [-0.25, -0.2) is 4.98 Å². The van der Waals surface area contributed by atoms with Crippen LogP contribution in [0.3, 0.4) is 0 Å². The molecule has 4 aromatic rings. The maximum atomic E-state index is 13.6. The minimum atomic E-state index is -0.303. The third-order valence-corrected chi connectivity index (χ3v) is 7.57. The highest BCUT2D eigenvalue weighted by Gasteiger charge is 2.22. The van der Waals surface area contributed by atoms with Gasteiger partial charge in [0, 0.05) is 49.2 Å². The molecule has 0 atom stereocenters. The number of carbonyl (C=O) groups is 2. The highest BCUT2D eigenvalue weighted by atomic mass is 16.5. The lowest BCUT2D eigenvalue weighted by Crippen LogP contribution is -2.45. The van der Waals surface area contributed by atoms with Crippen LogP contribution in [0.4, 0.5) is 5.95 Å². The molecule has 8 heteroatoms. The van der Waals surface area contributed by atoms with Gasteiger partial charge in [-0.3, -0.25) is 24.4 Å². The highest BCUT2D eigenvalue weighted by Crippen LogP contribution is 2.25. The van der Waals surface area contributed by atoms with Crippen molar-refractivity contribution in [1.29, 1.82) is 0 Å². The molecule has 0 aliphatic carbocycles. The fourth-order valence-corrected chi connectivity index (χ4v) is 4.99. The van der Waals surface area contributed by atoms with Crippen LogP contribution in [-0.4, -0.2) is 77.1 Å². The molecule has 0 radical (unpaired) electrons. The van der Waals surface area contributed by atoms with E-state index in [9.17, 15) is 9.59 Å². The van der Waals surface area contributed by atoms with Crippen LogP contribution in [0.5, 0.6) is 0 Å². The first kappa shape index (κ1) is 29.2. The Hall–Kier alpha value is -4.27. The molecule has 42 heavy (non-hydrogen) atoms. The molecule has 1 aliphatic rings. The quantitative estimate of drug-likeness (QED) is 0.279. The first-order chi connectivity index (χ1) is 20.4. The Bertz CT molecular complexity index is 1470. The number of imidazole rings is 1. The van der Waals surface area contributed by atoms with Crippen molar-refractivity contribution in [3.05, 3.63) is 102 Å². The zero-order valence-corrected chi connectivity index (χ0v) is 24.6. The minimum Gasteiger partial charge on any atom is -0.379 e. The summed E-state index contributed by atoms with van der Waals surface area (Å²) in [7, 11) is 0. The van der Waals surface area contributed by atoms with E-state index in [2.05, 4.69) is 36.2 Å². The third-order valence-electron chi connectivity index (χ3n) is 7.57. The average Bonchev–Trinajstić information content (AvgIpc) is 3.43. The van der Waals surface area contributed by atoms with E-state index in [0.29, 0.717) is 43.7 Å². The summed E-state index contributed by atoms with van der Waals surface area (Å²) in [5, 5.41) is 3.01. The summed E-state index contributed by atoms with van der Waals surface area (Å²) >= 11 is 0. The number of morpholine rings is 1. The van der Waals surface area contributed by atoms with Gasteiger partial charge in [0.1, 0.15) is 6.54 Å². The molecular weight excluding hydrogens is 526 g/mol. The van der Waals surface area contributed by atoms with Crippen LogP contribution >= 0.6 is 0 Å². The standard InChI is InChI=1S/C34H39N5O3/c1-25(2)27-13-15-30(16-14-27)39-23-31(28-7-5-4-6-8-28)35-34(39)36-32(40)24-38(18-17-37-19-21-42-22-20-37)33(41)29-11-9-26(3)10-12-29/h4-16,23,25H,17-22,24H2,1-3H3,(H,35,36,40). The summed E-state index contributed by atoms with van der Waals surface area (Å²) in [5.41, 5.74) is 5.47. The average molecular weight is 566 g/mol. The number of ether oxygens (including phenoxy) is 1. The van der Waals surface area contributed by atoms with Crippen LogP contribution in [0.15, 0.2) is 85.1 Å². The van der Waals surface area contributed by atoms with Crippen LogP contribution in [0.1, 0.15) is 41.3 Å². The van der Waals surface area contributed by atoms with E-state index in [1.165, 1.54) is 5.56 Å². The molecule has 2 amide bonds. The van der Waals surface area contributed by atoms with Gasteiger partial charge in [0.15, 0.2) is 0 Å². The number of amides is 2. The zero-order chi connectivity index (χ0) is 29.5. The summed E-state index contributed by atoms with van der Waals surface area (Å²) < 4.78 is 7.36. The number of hydrogen-bond acceptors (Lipinski definition) is 5. The van der Waals surface area contributed by atoms with E-state index in [4.69, 9.17) is 9.72 Å². The number of nitrogens with one attached hydrogen (secondary N) is 1. The Morgan fingerprint density at radius 3 is 2.31 bits per heavy atom. The lowest BCUT2D eigenvalue weighted by atomic mass is 10.0. The smallest absolute Gasteiger partial charge is 0.254 e. The number of anilines is 1. The van der Waals surface area contributed by atoms with E-state index >= 15 is 0 Å². The van der Waals surface area contributed by atoms with Gasteiger partial charge < -0.3 is 9.64 Å². The number of rotatable bonds is 10. The number of aromatic nitrogens is 2. The van der Waals surface area contributed by atoms with Crippen molar-refractivity contribution in [2.45, 2.75) is 26.7 Å². The minimum absolute atomic E-state index is 0.0864. The molecule has 1 N–H and O–H groups in total. The monoisotopic (exact) mass is 565 g/mol. The molecular formula is C34H39N5O3. The molecule has 3 aromatic carbocycles. The number of benzene rings is 3. The number of hydrogen-bond donors (Lipinski definition) is 1. The van der Waals surface area contributed by atoms with Crippen molar-refractivity contribution < 1.29 is 14.3 Å². The van der Waals surface area contributed by atoms with E-state index < -0.39 is 0 Å². The Morgan fingerprint density at radius 1 is 0.952 bits per heavy atom. The third kappa shape index (κ3) is 7.32. The van der Waals surface area contributed by atoms with Crippen LogP contribution < -0.4 is 5.32 Å². The van der Waals surface area contributed by atoms with Crippen LogP contribution in [-0.2, 0) is 9.53 Å². The number of carbonyl (C=O) groups excluding carboxylic acids is 2. The van der Waals surface area contributed by atoms with Crippen LogP contribution in [0.25, 0.3) is 16.9 Å². The molecule has 2 heterocycles. The molecule has 0 bridgehead atoms. The van der Waals surface area contributed by atoms with Crippen molar-refractivity contribution >= 4 is 17.8 Å². The van der Waals surface area contributed by atoms with Gasteiger partial charge in [-0.2, -0.15) is 0 Å². The van der Waals surface area contributed by atoms with Crippen molar-refractivity contribution in [2.24, 2.45) is 0 Å². The number of aryl methyl sites for hydroxylation is 1. The van der Waals surface area contributed by atoms with Gasteiger partial charge in [0.05, 0.1) is 18.9 Å². The molecule has 1 saturated heterocycles. The summed E-state index contributed by atoms with van der Waals surface area (Å²) in [6.07, 6.45) is 1.93. The van der Waals surface area contributed by atoms with Crippen LogP contribution in [0.2, 0.25) is 0 Å². The van der Waals surface area contributed by atoms with Gasteiger partial charge in [0.25, 0.3) is 5.91 Å². The maximum absolute atomic E-state index is 13.6. The van der Waals surface area contributed by atoms with Crippen molar-refractivity contribution in [3.63, 3.8) is 0 Å². The largest absolute Gasteiger partial charge is 0.379 e. The molecule has 1 aromatic heterocycles. The summed E-state index contributed by atoms with van der Waals surface area (Å²) in [6, 6.07) is 25.6. The molecule has 1 aliphatic heterocycles. The van der Waals surface area contributed by atoms with E-state index in [-0.39, 0.29) is 18.4 Å². The SMILES string of the molecule is Cc1ccc(C(=O)N(CCN2CCOCC2)CC(=O)Nc2nc(-c3ccccc3)cn2-c2ccc(C(C)C)cc2)cc1. The van der Waals surface area contributed by atoms with Gasteiger partial charge in [-0.05, 0) is 42.7 Å². The fourth-order valence-electron chi connectivity index (χ4n) is 4.99.